The summed E-state index contributed by atoms with van der Waals surface area (Å²) in [5, 5.41) is 4.10. The summed E-state index contributed by atoms with van der Waals surface area (Å²) in [6.07, 6.45) is 0. The summed E-state index contributed by atoms with van der Waals surface area (Å²) in [4.78, 5) is 22.3. The number of nitrogens with zero attached hydrogens (tertiary/aromatic N) is 3. The second-order valence-corrected chi connectivity index (χ2v) is 8.53. The van der Waals surface area contributed by atoms with Crippen molar-refractivity contribution in [3.63, 3.8) is 0 Å². The summed E-state index contributed by atoms with van der Waals surface area (Å²) < 4.78 is 0. The topological polar surface area (TPSA) is 45.1 Å². The van der Waals surface area contributed by atoms with Crippen molar-refractivity contribution in [2.45, 2.75) is 52.6 Å². The van der Waals surface area contributed by atoms with E-state index in [1.165, 1.54) is 0 Å². The van der Waals surface area contributed by atoms with Crippen LogP contribution in [0, 0.1) is 0 Å². The first-order chi connectivity index (χ1) is 11.6. The average molecular weight is 341 g/mol. The van der Waals surface area contributed by atoms with Gasteiger partial charge in [-0.1, -0.05) is 35.5 Å². The molecule has 0 bridgehead atoms. The van der Waals surface area contributed by atoms with Crippen molar-refractivity contribution in [2.24, 2.45) is 5.16 Å². The van der Waals surface area contributed by atoms with E-state index in [9.17, 15) is 4.79 Å². The largest absolute Gasteiger partial charge is 0.371 e. The number of hydrogen-bond acceptors (Lipinski definition) is 5. The molecule has 5 heteroatoms. The molecule has 3 rings (SSSR count). The normalized spacial score (nSPS) is 18.8. The van der Waals surface area contributed by atoms with Gasteiger partial charge in [-0.25, -0.2) is 4.79 Å². The van der Waals surface area contributed by atoms with Crippen LogP contribution in [0.3, 0.4) is 0 Å². The van der Waals surface area contributed by atoms with Gasteiger partial charge in [0.25, 0.3) is 0 Å². The maximum absolute atomic E-state index is 12.6. The first-order valence-corrected chi connectivity index (χ1v) is 8.75. The minimum atomic E-state index is -0.376. The fourth-order valence-electron chi connectivity index (χ4n) is 3.40. The average Bonchev–Trinajstić information content (AvgIpc) is 3.10. The van der Waals surface area contributed by atoms with E-state index in [4.69, 9.17) is 4.84 Å². The molecule has 0 spiro atoms. The molecular formula is C20H27N3O2. The van der Waals surface area contributed by atoms with Gasteiger partial charge in [0, 0.05) is 29.7 Å². The number of benzene rings is 1. The predicted molar refractivity (Wildman–Crippen MR) is 99.0 cm³/mol. The quantitative estimate of drug-likeness (QED) is 0.580. The van der Waals surface area contributed by atoms with E-state index in [1.54, 1.807) is 0 Å². The Balaban J connectivity index is 2.20. The molecular weight excluding hydrogens is 314 g/mol. The Bertz CT molecular complexity index is 712. The van der Waals surface area contributed by atoms with Crippen LogP contribution in [0.4, 0.5) is 0 Å². The van der Waals surface area contributed by atoms with Gasteiger partial charge < -0.3 is 14.6 Å². The molecule has 0 N–H and O–H groups in total. The lowest BCUT2D eigenvalue weighted by molar-refractivity contribution is -0.137. The van der Waals surface area contributed by atoms with E-state index in [0.29, 0.717) is 11.3 Å². The van der Waals surface area contributed by atoms with Crippen molar-refractivity contribution >= 4 is 11.7 Å². The molecule has 0 aromatic heterocycles. The van der Waals surface area contributed by atoms with Crippen LogP contribution in [-0.4, -0.2) is 45.6 Å². The molecule has 134 valence electrons. The van der Waals surface area contributed by atoms with Crippen LogP contribution in [-0.2, 0) is 9.63 Å². The second kappa shape index (κ2) is 5.90. The first-order valence-electron chi connectivity index (χ1n) is 8.75. The Kier molecular flexibility index (Phi) is 4.13. The summed E-state index contributed by atoms with van der Waals surface area (Å²) in [5.41, 5.74) is 1.87. The summed E-state index contributed by atoms with van der Waals surface area (Å²) in [6.45, 7) is 14.7. The maximum atomic E-state index is 12.6. The molecule has 2 aliphatic rings. The lowest BCUT2D eigenvalue weighted by Gasteiger charge is -2.40. The van der Waals surface area contributed by atoms with E-state index < -0.39 is 0 Å². The fraction of sp³-hybridized carbons (Fsp3) is 0.500. The van der Waals surface area contributed by atoms with Crippen LogP contribution in [0.2, 0.25) is 0 Å². The molecule has 25 heavy (non-hydrogen) atoms. The van der Waals surface area contributed by atoms with Gasteiger partial charge in [-0.3, -0.25) is 0 Å². The molecule has 2 heterocycles. The molecule has 0 unspecified atom stereocenters. The van der Waals surface area contributed by atoms with Gasteiger partial charge in [0.15, 0.2) is 0 Å². The molecule has 1 fully saturated rings. The zero-order chi connectivity index (χ0) is 18.4. The molecule has 0 aliphatic carbocycles. The Morgan fingerprint density at radius 3 is 1.92 bits per heavy atom. The Labute approximate surface area is 149 Å². The fourth-order valence-corrected chi connectivity index (χ4v) is 3.40. The second-order valence-electron chi connectivity index (χ2n) is 8.53. The molecule has 5 nitrogen and oxygen atoms in total. The first kappa shape index (κ1) is 17.5. The molecule has 0 saturated carbocycles. The monoisotopic (exact) mass is 341 g/mol. The number of oxime groups is 1. The van der Waals surface area contributed by atoms with Gasteiger partial charge in [-0.05, 0) is 41.5 Å². The van der Waals surface area contributed by atoms with Gasteiger partial charge in [0.2, 0.25) is 0 Å². The summed E-state index contributed by atoms with van der Waals surface area (Å²) in [5.74, 6) is 0.546. The Morgan fingerprint density at radius 1 is 0.920 bits per heavy atom. The van der Waals surface area contributed by atoms with Crippen LogP contribution in [0.5, 0.6) is 0 Å². The highest BCUT2D eigenvalue weighted by Gasteiger charge is 2.44. The van der Waals surface area contributed by atoms with E-state index in [1.807, 2.05) is 30.3 Å². The van der Waals surface area contributed by atoms with Crippen LogP contribution in [0.15, 0.2) is 46.9 Å². The Hall–Kier alpha value is -2.30. The van der Waals surface area contributed by atoms with Crippen molar-refractivity contribution in [3.05, 3.63) is 47.3 Å². The SMILES string of the molecule is CC(C)(C)N1CCN(C(C)(C)C)C1=C1C(=O)ON=C1c1ccccc1. The standard InChI is InChI=1S/C20H27N3O2/c1-19(2,3)22-12-13-23(20(4,5)6)17(22)15-16(21-25-18(15)24)14-10-8-7-9-11-14/h7-11H,12-13H2,1-6H3. The third-order valence-electron chi connectivity index (χ3n) is 4.61. The molecule has 0 radical (unpaired) electrons. The molecule has 1 aromatic rings. The summed E-state index contributed by atoms with van der Waals surface area (Å²) in [6, 6.07) is 9.76. The number of hydrogen-bond donors (Lipinski definition) is 0. The number of carbonyl (C=O) groups is 1. The third kappa shape index (κ3) is 3.15. The predicted octanol–water partition coefficient (Wildman–Crippen LogP) is 3.37. The van der Waals surface area contributed by atoms with Gasteiger partial charge in [-0.2, -0.15) is 0 Å². The minimum Gasteiger partial charge on any atom is -0.351 e. The van der Waals surface area contributed by atoms with Gasteiger partial charge >= 0.3 is 5.97 Å². The highest BCUT2D eigenvalue weighted by Crippen LogP contribution is 2.37. The van der Waals surface area contributed by atoms with Crippen molar-refractivity contribution in [3.8, 4) is 0 Å². The third-order valence-corrected chi connectivity index (χ3v) is 4.61. The zero-order valence-corrected chi connectivity index (χ0v) is 16.0. The van der Waals surface area contributed by atoms with Crippen molar-refractivity contribution in [1.29, 1.82) is 0 Å². The molecule has 0 amide bonds. The van der Waals surface area contributed by atoms with Crippen LogP contribution in [0.25, 0.3) is 0 Å². The lowest BCUT2D eigenvalue weighted by atomic mass is 9.99. The van der Waals surface area contributed by atoms with Crippen LogP contribution in [0.1, 0.15) is 47.1 Å². The van der Waals surface area contributed by atoms with Crippen LogP contribution < -0.4 is 0 Å². The van der Waals surface area contributed by atoms with Crippen LogP contribution >= 0.6 is 0 Å². The van der Waals surface area contributed by atoms with E-state index in [-0.39, 0.29) is 17.0 Å². The molecule has 0 atom stereocenters. The molecule has 2 aliphatic heterocycles. The van der Waals surface area contributed by atoms with Gasteiger partial charge in [-0.15, -0.1) is 0 Å². The number of carbonyl (C=O) groups excluding carboxylic acids is 1. The van der Waals surface area contributed by atoms with Crippen molar-refractivity contribution in [2.75, 3.05) is 13.1 Å². The lowest BCUT2D eigenvalue weighted by Crippen LogP contribution is -2.45. The van der Waals surface area contributed by atoms with Gasteiger partial charge in [0.05, 0.1) is 0 Å². The molecule has 1 saturated heterocycles. The highest BCUT2D eigenvalue weighted by atomic mass is 16.7. The van der Waals surface area contributed by atoms with Gasteiger partial charge in [0.1, 0.15) is 17.1 Å². The summed E-state index contributed by atoms with van der Waals surface area (Å²) in [7, 11) is 0. The summed E-state index contributed by atoms with van der Waals surface area (Å²) >= 11 is 0. The van der Waals surface area contributed by atoms with E-state index in [2.05, 4.69) is 56.5 Å². The van der Waals surface area contributed by atoms with Crippen molar-refractivity contribution in [1.82, 2.24) is 9.80 Å². The number of rotatable bonds is 1. The highest BCUT2D eigenvalue weighted by molar-refractivity contribution is 6.29. The maximum Gasteiger partial charge on any atom is 0.371 e. The van der Waals surface area contributed by atoms with E-state index >= 15 is 0 Å². The van der Waals surface area contributed by atoms with E-state index in [0.717, 1.165) is 24.5 Å². The van der Waals surface area contributed by atoms with Crippen molar-refractivity contribution < 1.29 is 9.63 Å². The smallest absolute Gasteiger partial charge is 0.351 e. The zero-order valence-electron chi connectivity index (χ0n) is 16.0. The Morgan fingerprint density at radius 2 is 1.44 bits per heavy atom. The minimum absolute atomic E-state index is 0.104. The molecule has 1 aromatic carbocycles.